The van der Waals surface area contributed by atoms with Crippen LogP contribution in [-0.4, -0.2) is 18.0 Å². The lowest BCUT2D eigenvalue weighted by Gasteiger charge is -2.27. The highest BCUT2D eigenvalue weighted by Gasteiger charge is 2.14. The first-order chi connectivity index (χ1) is 7.25. The average molecular weight is 237 g/mol. The molecular weight excluding hydrogens is 222 g/mol. The highest BCUT2D eigenvalue weighted by Crippen LogP contribution is 2.24. The third-order valence-corrected chi connectivity index (χ3v) is 3.70. The van der Waals surface area contributed by atoms with E-state index in [9.17, 15) is 0 Å². The van der Waals surface area contributed by atoms with E-state index in [1.165, 1.54) is 5.56 Å². The van der Waals surface area contributed by atoms with Gasteiger partial charge in [0.05, 0.1) is 0 Å². The fourth-order valence-corrected chi connectivity index (χ4v) is 2.25. The number of hydrogen-bond acceptors (Lipinski definition) is 3. The summed E-state index contributed by atoms with van der Waals surface area (Å²) >= 11 is 8.84. The Balaban J connectivity index is 1.98. The summed E-state index contributed by atoms with van der Waals surface area (Å²) in [6, 6.07) is 10.5. The zero-order valence-electron chi connectivity index (χ0n) is 8.56. The maximum Gasteiger partial charge on any atom is 0.0302 e. The first-order valence-corrected chi connectivity index (χ1v) is 6.01. The van der Waals surface area contributed by atoms with Crippen molar-refractivity contribution in [2.75, 3.05) is 13.1 Å². The van der Waals surface area contributed by atoms with Crippen LogP contribution in [0.5, 0.6) is 0 Å². The van der Waals surface area contributed by atoms with Crippen molar-refractivity contribution in [3.05, 3.63) is 45.7 Å². The first-order valence-electron chi connectivity index (χ1n) is 5.12. The molecule has 0 fully saturated rings. The lowest BCUT2D eigenvalue weighted by atomic mass is 10.2. The van der Waals surface area contributed by atoms with Crippen LogP contribution in [0.25, 0.3) is 0 Å². The molecule has 2 rings (SSSR count). The Hall–Kier alpha value is -0.380. The van der Waals surface area contributed by atoms with E-state index in [2.05, 4.69) is 60.5 Å². The predicted molar refractivity (Wildman–Crippen MR) is 71.3 cm³/mol. The Bertz CT molecular complexity index is 359. The monoisotopic (exact) mass is 237 g/mol. The molecule has 0 unspecified atom stereocenters. The van der Waals surface area contributed by atoms with Crippen molar-refractivity contribution in [2.45, 2.75) is 13.0 Å². The number of benzene rings is 1. The Morgan fingerprint density at radius 3 is 2.47 bits per heavy atom. The summed E-state index contributed by atoms with van der Waals surface area (Å²) < 4.78 is 0. The third kappa shape index (κ3) is 3.03. The molecule has 0 aliphatic carbocycles. The van der Waals surface area contributed by atoms with Gasteiger partial charge in [-0.05, 0) is 16.9 Å². The molecule has 0 atom stereocenters. The lowest BCUT2D eigenvalue weighted by molar-refractivity contribution is 0.287. The minimum Gasteiger partial charge on any atom is -0.294 e. The van der Waals surface area contributed by atoms with Crippen molar-refractivity contribution in [3.63, 3.8) is 0 Å². The van der Waals surface area contributed by atoms with Gasteiger partial charge in [-0.2, -0.15) is 0 Å². The molecular formula is C12H15NS2. The van der Waals surface area contributed by atoms with Crippen molar-refractivity contribution >= 4 is 25.3 Å². The van der Waals surface area contributed by atoms with Gasteiger partial charge in [-0.3, -0.25) is 4.90 Å². The van der Waals surface area contributed by atoms with Gasteiger partial charge in [-0.25, -0.2) is 0 Å². The lowest BCUT2D eigenvalue weighted by Crippen LogP contribution is -2.29. The van der Waals surface area contributed by atoms with Crippen LogP contribution in [0.15, 0.2) is 40.1 Å². The van der Waals surface area contributed by atoms with E-state index < -0.39 is 0 Å². The van der Waals surface area contributed by atoms with Crippen LogP contribution in [0.4, 0.5) is 0 Å². The Morgan fingerprint density at radius 1 is 1.07 bits per heavy atom. The molecule has 3 heteroatoms. The molecule has 0 radical (unpaired) electrons. The van der Waals surface area contributed by atoms with Gasteiger partial charge in [0.1, 0.15) is 0 Å². The summed E-state index contributed by atoms with van der Waals surface area (Å²) in [6.07, 6.45) is 1.02. The van der Waals surface area contributed by atoms with E-state index in [-0.39, 0.29) is 0 Å². The van der Waals surface area contributed by atoms with Gasteiger partial charge < -0.3 is 0 Å². The summed E-state index contributed by atoms with van der Waals surface area (Å²) in [5.41, 5.74) is 1.36. The second-order valence-electron chi connectivity index (χ2n) is 3.84. The molecule has 1 heterocycles. The first kappa shape index (κ1) is 11.1. The van der Waals surface area contributed by atoms with Crippen LogP contribution in [0.3, 0.4) is 0 Å². The molecule has 0 saturated heterocycles. The topological polar surface area (TPSA) is 3.24 Å². The molecule has 1 aromatic rings. The highest BCUT2D eigenvalue weighted by atomic mass is 32.1. The van der Waals surface area contributed by atoms with Gasteiger partial charge in [0, 0.05) is 24.5 Å². The number of hydrogen-bond donors (Lipinski definition) is 2. The quantitative estimate of drug-likeness (QED) is 0.748. The second kappa shape index (κ2) is 5.10. The van der Waals surface area contributed by atoms with Gasteiger partial charge >= 0.3 is 0 Å². The molecule has 1 nitrogen and oxygen atoms in total. The molecule has 0 spiro atoms. The zero-order chi connectivity index (χ0) is 10.7. The SMILES string of the molecule is SC1=C(S)CN(Cc2ccccc2)CC1. The van der Waals surface area contributed by atoms with E-state index in [1.54, 1.807) is 0 Å². The highest BCUT2D eigenvalue weighted by molar-refractivity contribution is 7.88. The molecule has 1 aromatic carbocycles. The van der Waals surface area contributed by atoms with Crippen LogP contribution in [0.2, 0.25) is 0 Å². The second-order valence-corrected chi connectivity index (χ2v) is 4.92. The van der Waals surface area contributed by atoms with Crippen molar-refractivity contribution in [1.82, 2.24) is 4.90 Å². The Kier molecular flexibility index (Phi) is 3.78. The molecule has 1 aliphatic heterocycles. The van der Waals surface area contributed by atoms with E-state index in [4.69, 9.17) is 0 Å². The minimum absolute atomic E-state index is 0.927. The minimum atomic E-state index is 0.927. The fraction of sp³-hybridized carbons (Fsp3) is 0.333. The fourth-order valence-electron chi connectivity index (χ4n) is 1.77. The Morgan fingerprint density at radius 2 is 1.80 bits per heavy atom. The van der Waals surface area contributed by atoms with Crippen LogP contribution in [-0.2, 0) is 6.54 Å². The van der Waals surface area contributed by atoms with Gasteiger partial charge in [-0.1, -0.05) is 30.3 Å². The third-order valence-electron chi connectivity index (χ3n) is 2.62. The van der Waals surface area contributed by atoms with Crippen LogP contribution in [0, 0.1) is 0 Å². The Labute approximate surface area is 102 Å². The molecule has 0 N–H and O–H groups in total. The van der Waals surface area contributed by atoms with Gasteiger partial charge in [0.2, 0.25) is 0 Å². The van der Waals surface area contributed by atoms with E-state index in [0.717, 1.165) is 35.9 Å². The zero-order valence-corrected chi connectivity index (χ0v) is 10.3. The maximum absolute atomic E-state index is 4.44. The molecule has 0 saturated carbocycles. The van der Waals surface area contributed by atoms with Crippen molar-refractivity contribution in [1.29, 1.82) is 0 Å². The summed E-state index contributed by atoms with van der Waals surface area (Å²) in [4.78, 5) is 4.65. The smallest absolute Gasteiger partial charge is 0.0302 e. The van der Waals surface area contributed by atoms with Crippen molar-refractivity contribution in [3.8, 4) is 0 Å². The average Bonchev–Trinajstić information content (AvgIpc) is 2.25. The molecule has 0 aromatic heterocycles. The maximum atomic E-state index is 4.44. The van der Waals surface area contributed by atoms with Crippen molar-refractivity contribution < 1.29 is 0 Å². The molecule has 0 amide bonds. The number of nitrogens with zero attached hydrogens (tertiary/aromatic N) is 1. The van der Waals surface area contributed by atoms with Crippen LogP contribution in [0.1, 0.15) is 12.0 Å². The van der Waals surface area contributed by atoms with Gasteiger partial charge in [0.25, 0.3) is 0 Å². The van der Waals surface area contributed by atoms with Gasteiger partial charge in [-0.15, -0.1) is 25.3 Å². The van der Waals surface area contributed by atoms with Crippen molar-refractivity contribution in [2.24, 2.45) is 0 Å². The predicted octanol–water partition coefficient (Wildman–Crippen LogP) is 2.96. The normalized spacial score (nSPS) is 18.3. The molecule has 0 bridgehead atoms. The van der Waals surface area contributed by atoms with Gasteiger partial charge in [0.15, 0.2) is 0 Å². The van der Waals surface area contributed by atoms with E-state index >= 15 is 0 Å². The molecule has 15 heavy (non-hydrogen) atoms. The summed E-state index contributed by atoms with van der Waals surface area (Å²) in [5.74, 6) is 0. The van der Waals surface area contributed by atoms with Crippen LogP contribution >= 0.6 is 25.3 Å². The molecule has 80 valence electrons. The standard InChI is InChI=1S/C12H15NS2/c14-11-6-7-13(9-12(11)15)8-10-4-2-1-3-5-10/h1-5,14-15H,6-9H2. The van der Waals surface area contributed by atoms with E-state index in [1.807, 2.05) is 0 Å². The summed E-state index contributed by atoms with van der Waals surface area (Å²) in [6.45, 7) is 3.01. The van der Waals surface area contributed by atoms with Crippen LogP contribution < -0.4 is 0 Å². The number of rotatable bonds is 2. The summed E-state index contributed by atoms with van der Waals surface area (Å²) in [5, 5.41) is 0. The number of thiol groups is 2. The molecule has 1 aliphatic rings. The van der Waals surface area contributed by atoms with E-state index in [0.29, 0.717) is 0 Å². The summed E-state index contributed by atoms with van der Waals surface area (Å²) in [7, 11) is 0. The largest absolute Gasteiger partial charge is 0.294 e.